The molecule has 0 fully saturated rings. The Balaban J connectivity index is 1.30. The second-order valence-corrected chi connectivity index (χ2v) is 15.4. The highest BCUT2D eigenvalue weighted by atomic mass is 16.5. The van der Waals surface area contributed by atoms with Crippen molar-refractivity contribution < 1.29 is 19.1 Å². The van der Waals surface area contributed by atoms with Gasteiger partial charge in [-0.05, 0) is 64.1 Å². The molecular weight excluding hydrogens is 665 g/mol. The van der Waals surface area contributed by atoms with Gasteiger partial charge in [0.05, 0.1) is 13.2 Å². The van der Waals surface area contributed by atoms with E-state index in [1.54, 1.807) is 0 Å². The van der Waals surface area contributed by atoms with E-state index in [4.69, 9.17) is 9.47 Å². The van der Waals surface area contributed by atoms with Crippen molar-refractivity contribution in [3.05, 3.63) is 107 Å². The van der Waals surface area contributed by atoms with E-state index in [-0.39, 0.29) is 11.6 Å². The fourth-order valence-corrected chi connectivity index (χ4v) is 9.32. The summed E-state index contributed by atoms with van der Waals surface area (Å²) in [5, 5.41) is 8.09. The van der Waals surface area contributed by atoms with Gasteiger partial charge in [0.2, 0.25) is 0 Å². The lowest BCUT2D eigenvalue weighted by atomic mass is 9.76. The van der Waals surface area contributed by atoms with Crippen LogP contribution < -0.4 is 9.47 Å². The number of fused-ring (bicyclic) bond motifs is 6. The number of carbonyl (C=O) groups excluding carboxylic acids is 2. The molecule has 0 amide bonds. The molecule has 2 aliphatic carbocycles. The largest absolute Gasteiger partial charge is 0.493 e. The minimum Gasteiger partial charge on any atom is -0.493 e. The molecule has 0 saturated heterocycles. The van der Waals surface area contributed by atoms with Crippen molar-refractivity contribution in [3.63, 3.8) is 0 Å². The number of unbranched alkanes of at least 4 members (excludes halogenated alkanes) is 10. The van der Waals surface area contributed by atoms with Crippen molar-refractivity contribution in [1.29, 1.82) is 0 Å². The maximum atomic E-state index is 14.4. The van der Waals surface area contributed by atoms with E-state index >= 15 is 0 Å². The molecule has 54 heavy (non-hydrogen) atoms. The maximum Gasteiger partial charge on any atom is 0.194 e. The number of hydrogen-bond donors (Lipinski definition) is 0. The summed E-state index contributed by atoms with van der Waals surface area (Å²) in [6.07, 6.45) is 14.1. The summed E-state index contributed by atoms with van der Waals surface area (Å²) in [5.41, 5.74) is 6.87. The van der Waals surface area contributed by atoms with Gasteiger partial charge in [-0.1, -0.05) is 145 Å². The summed E-state index contributed by atoms with van der Waals surface area (Å²) in [6, 6.07) is 28.7. The van der Waals surface area contributed by atoms with Gasteiger partial charge in [-0.25, -0.2) is 0 Å². The van der Waals surface area contributed by atoms with Crippen LogP contribution in [0.2, 0.25) is 0 Å². The molecule has 0 radical (unpaired) electrons. The van der Waals surface area contributed by atoms with Crippen LogP contribution in [0, 0.1) is 0 Å². The highest BCUT2D eigenvalue weighted by Crippen LogP contribution is 2.55. The Kier molecular flexibility index (Phi) is 9.31. The van der Waals surface area contributed by atoms with Crippen LogP contribution in [0.25, 0.3) is 65.3 Å². The van der Waals surface area contributed by atoms with Gasteiger partial charge >= 0.3 is 0 Å². The molecule has 0 saturated carbocycles. The van der Waals surface area contributed by atoms with Gasteiger partial charge in [-0.15, -0.1) is 0 Å². The number of rotatable bonds is 16. The molecule has 9 rings (SSSR count). The number of ether oxygens (including phenoxy) is 2. The first kappa shape index (κ1) is 34.5. The maximum absolute atomic E-state index is 14.4. The van der Waals surface area contributed by atoms with Gasteiger partial charge in [0.1, 0.15) is 11.5 Å². The fourth-order valence-electron chi connectivity index (χ4n) is 9.32. The van der Waals surface area contributed by atoms with Crippen LogP contribution in [0.4, 0.5) is 0 Å². The SMILES string of the molecule is CCCCCCCCOc1cc2c3c(ccc4c5c(OCCCCCCCC)cc6c7c(ccc(c1c34)c75)C(=O)c1ccccc1-6)-c1ccccc1C2=O. The van der Waals surface area contributed by atoms with E-state index in [1.807, 2.05) is 48.5 Å². The Morgan fingerprint density at radius 3 is 1.35 bits per heavy atom. The lowest BCUT2D eigenvalue weighted by Crippen LogP contribution is -2.13. The summed E-state index contributed by atoms with van der Waals surface area (Å²) >= 11 is 0. The Morgan fingerprint density at radius 1 is 0.370 bits per heavy atom. The summed E-state index contributed by atoms with van der Waals surface area (Å²) < 4.78 is 13.7. The second-order valence-electron chi connectivity index (χ2n) is 15.4. The molecule has 4 heteroatoms. The molecule has 0 bridgehead atoms. The van der Waals surface area contributed by atoms with Crippen LogP contribution in [0.3, 0.4) is 0 Å². The summed E-state index contributed by atoms with van der Waals surface area (Å²) in [6.45, 7) is 5.69. The molecule has 0 atom stereocenters. The Hall–Kier alpha value is -5.22. The van der Waals surface area contributed by atoms with Gasteiger partial charge < -0.3 is 9.47 Å². The van der Waals surface area contributed by atoms with Crippen LogP contribution in [-0.2, 0) is 0 Å². The number of benzene rings is 7. The van der Waals surface area contributed by atoms with E-state index in [2.05, 4.69) is 50.2 Å². The number of carbonyl (C=O) groups is 2. The Bertz CT molecular complexity index is 2550. The van der Waals surface area contributed by atoms with Crippen LogP contribution in [0.15, 0.2) is 84.9 Å². The van der Waals surface area contributed by atoms with Crippen molar-refractivity contribution in [1.82, 2.24) is 0 Å². The molecule has 4 nitrogen and oxygen atoms in total. The third kappa shape index (κ3) is 5.56. The summed E-state index contributed by atoms with van der Waals surface area (Å²) in [7, 11) is 0. The van der Waals surface area contributed by atoms with E-state index < -0.39 is 0 Å². The quantitative estimate of drug-likeness (QED) is 0.0568. The third-order valence-corrected chi connectivity index (χ3v) is 12.0. The Morgan fingerprint density at radius 2 is 0.796 bits per heavy atom. The van der Waals surface area contributed by atoms with Crippen LogP contribution in [0.1, 0.15) is 123 Å². The lowest BCUT2D eigenvalue weighted by Gasteiger charge is -2.28. The minimum absolute atomic E-state index is 0.0315. The van der Waals surface area contributed by atoms with Crippen molar-refractivity contribution in [3.8, 4) is 33.8 Å². The van der Waals surface area contributed by atoms with Gasteiger partial charge in [0, 0.05) is 54.6 Å². The molecule has 0 heterocycles. The highest BCUT2D eigenvalue weighted by Gasteiger charge is 2.33. The first-order chi connectivity index (χ1) is 26.6. The molecule has 0 spiro atoms. The summed E-state index contributed by atoms with van der Waals surface area (Å²) in [5.74, 6) is 1.65. The first-order valence-electron chi connectivity index (χ1n) is 20.4. The van der Waals surface area contributed by atoms with Crippen LogP contribution in [-0.4, -0.2) is 24.8 Å². The van der Waals surface area contributed by atoms with Crippen molar-refractivity contribution in [2.75, 3.05) is 13.2 Å². The Labute approximate surface area is 317 Å². The molecule has 7 aromatic carbocycles. The standard InChI is InChI=1S/C50H48O4/c1-3-5-7-9-11-17-27-53-41-29-39-32-20-14-16-22-35(32)49(51)38-26-25-37-46-42(54-28-18-12-10-8-6-4-2)30-40-43-33(31-19-13-15-21-34(31)50(40)52)23-24-36(47(43)46)45(41)48(37)44(38)39/h13-16,19-26,29-30H,3-12,17-18,27-28H2,1-2H3. The third-order valence-electron chi connectivity index (χ3n) is 12.0. The van der Waals surface area contributed by atoms with E-state index in [9.17, 15) is 9.59 Å². The van der Waals surface area contributed by atoms with Gasteiger partial charge in [0.25, 0.3) is 0 Å². The molecule has 0 aliphatic heterocycles. The minimum atomic E-state index is 0.0315. The van der Waals surface area contributed by atoms with Crippen molar-refractivity contribution in [2.24, 2.45) is 0 Å². The second kappa shape index (κ2) is 14.5. The molecule has 272 valence electrons. The van der Waals surface area contributed by atoms with E-state index in [0.29, 0.717) is 18.8 Å². The van der Waals surface area contributed by atoms with Gasteiger partial charge in [0.15, 0.2) is 11.6 Å². The molecule has 0 N–H and O–H groups in total. The highest BCUT2D eigenvalue weighted by molar-refractivity contribution is 6.43. The van der Waals surface area contributed by atoms with Gasteiger partial charge in [-0.2, -0.15) is 0 Å². The molecule has 2 aliphatic rings. The fraction of sp³-hybridized carbons (Fsp3) is 0.320. The van der Waals surface area contributed by atoms with E-state index in [0.717, 1.165) is 119 Å². The zero-order valence-corrected chi connectivity index (χ0v) is 31.6. The van der Waals surface area contributed by atoms with Crippen LogP contribution in [0.5, 0.6) is 11.5 Å². The monoisotopic (exact) mass is 712 g/mol. The normalized spacial score (nSPS) is 13.0. The smallest absolute Gasteiger partial charge is 0.194 e. The lowest BCUT2D eigenvalue weighted by molar-refractivity contribution is 0.103. The van der Waals surface area contributed by atoms with E-state index in [1.165, 1.54) is 51.4 Å². The van der Waals surface area contributed by atoms with Gasteiger partial charge in [-0.3, -0.25) is 9.59 Å². The first-order valence-corrected chi connectivity index (χ1v) is 20.4. The molecular formula is C50H48O4. The average Bonchev–Trinajstić information content (AvgIpc) is 3.21. The van der Waals surface area contributed by atoms with Crippen molar-refractivity contribution >= 4 is 54.7 Å². The van der Waals surface area contributed by atoms with Crippen molar-refractivity contribution in [2.45, 2.75) is 90.9 Å². The molecule has 0 unspecified atom stereocenters. The zero-order chi connectivity index (χ0) is 36.8. The summed E-state index contributed by atoms with van der Waals surface area (Å²) in [4.78, 5) is 28.6. The molecule has 7 aromatic rings. The zero-order valence-electron chi connectivity index (χ0n) is 31.6. The molecule has 0 aromatic heterocycles. The number of hydrogen-bond acceptors (Lipinski definition) is 4. The number of ketones is 2. The topological polar surface area (TPSA) is 52.6 Å². The average molecular weight is 713 g/mol. The predicted molar refractivity (Wildman–Crippen MR) is 223 cm³/mol. The predicted octanol–water partition coefficient (Wildman–Crippen LogP) is 13.6. The van der Waals surface area contributed by atoms with Crippen LogP contribution >= 0.6 is 0 Å².